The Balaban J connectivity index is 1.75. The van der Waals surface area contributed by atoms with Gasteiger partial charge in [-0.05, 0) is 42.5 Å². The fourth-order valence-corrected chi connectivity index (χ4v) is 3.50. The lowest BCUT2D eigenvalue weighted by molar-refractivity contribution is 0.0211. The lowest BCUT2D eigenvalue weighted by Crippen LogP contribution is -2.40. The molecule has 3 heterocycles. The summed E-state index contributed by atoms with van der Waals surface area (Å²) in [6.07, 6.45) is 8.64. The molecule has 1 aliphatic heterocycles. The smallest absolute Gasteiger partial charge is 0.147 e. The molecule has 0 unspecified atom stereocenters. The van der Waals surface area contributed by atoms with Crippen LogP contribution in [0.15, 0.2) is 30.6 Å². The summed E-state index contributed by atoms with van der Waals surface area (Å²) in [6.45, 7) is 1.49. The van der Waals surface area contributed by atoms with Crippen molar-refractivity contribution in [2.45, 2.75) is 37.6 Å². The average molecular weight is 310 g/mol. The highest BCUT2D eigenvalue weighted by Crippen LogP contribution is 2.41. The summed E-state index contributed by atoms with van der Waals surface area (Å²) in [5.41, 5.74) is 10.6. The van der Waals surface area contributed by atoms with Gasteiger partial charge in [0.1, 0.15) is 5.82 Å². The fourth-order valence-electron chi connectivity index (χ4n) is 3.50. The van der Waals surface area contributed by atoms with E-state index in [2.05, 4.69) is 21.4 Å². The third-order valence-electron chi connectivity index (χ3n) is 4.84. The van der Waals surface area contributed by atoms with E-state index < -0.39 is 0 Å². The molecule has 0 bridgehead atoms. The van der Waals surface area contributed by atoms with E-state index in [-0.39, 0.29) is 0 Å². The predicted molar refractivity (Wildman–Crippen MR) is 91.3 cm³/mol. The molecular weight excluding hydrogens is 288 g/mol. The van der Waals surface area contributed by atoms with Crippen LogP contribution in [0.4, 0.5) is 11.5 Å². The highest BCUT2D eigenvalue weighted by atomic mass is 16.5. The van der Waals surface area contributed by atoms with Crippen LogP contribution in [0.3, 0.4) is 0 Å². The third kappa shape index (κ3) is 2.88. The van der Waals surface area contributed by atoms with Gasteiger partial charge in [0.2, 0.25) is 0 Å². The quantitative estimate of drug-likeness (QED) is 0.907. The number of nitrogen functional groups attached to an aromatic ring is 1. The van der Waals surface area contributed by atoms with Gasteiger partial charge >= 0.3 is 0 Å². The number of hydrogen-bond acceptors (Lipinski definition) is 5. The number of anilines is 2. The molecule has 5 nitrogen and oxygen atoms in total. The van der Waals surface area contributed by atoms with E-state index in [1.54, 1.807) is 12.4 Å². The van der Waals surface area contributed by atoms with Crippen molar-refractivity contribution in [1.29, 1.82) is 0 Å². The standard InChI is InChI=1S/C18H22N4O/c19-18-17(21-14-10-23-11-14)15(12-3-1-2-4-12)9-16(22-18)13-5-7-20-8-6-13/h5-9,12,14,21H,1-4,10-11H2,(H2,19,22). The molecule has 2 fully saturated rings. The number of hydrogen-bond donors (Lipinski definition) is 2. The molecule has 120 valence electrons. The molecular formula is C18H22N4O. The first kappa shape index (κ1) is 14.5. The SMILES string of the molecule is Nc1nc(-c2ccncc2)cc(C2CCCC2)c1NC1COC1. The van der Waals surface area contributed by atoms with Crippen molar-refractivity contribution in [3.05, 3.63) is 36.2 Å². The number of pyridine rings is 2. The molecule has 5 heteroatoms. The van der Waals surface area contributed by atoms with Crippen LogP contribution in [0.1, 0.15) is 37.2 Å². The Labute approximate surface area is 136 Å². The first-order chi connectivity index (χ1) is 11.3. The minimum Gasteiger partial charge on any atom is -0.382 e. The molecule has 23 heavy (non-hydrogen) atoms. The molecule has 2 aromatic rings. The molecule has 2 aliphatic rings. The van der Waals surface area contributed by atoms with Crippen molar-refractivity contribution in [3.8, 4) is 11.3 Å². The monoisotopic (exact) mass is 310 g/mol. The number of nitrogens with zero attached hydrogens (tertiary/aromatic N) is 2. The van der Waals surface area contributed by atoms with Crippen LogP contribution in [0.2, 0.25) is 0 Å². The van der Waals surface area contributed by atoms with Gasteiger partial charge in [-0.2, -0.15) is 0 Å². The number of nitrogens with two attached hydrogens (primary N) is 1. The Morgan fingerprint density at radius 2 is 1.87 bits per heavy atom. The number of aromatic nitrogens is 2. The molecule has 4 rings (SSSR count). The van der Waals surface area contributed by atoms with Crippen molar-refractivity contribution >= 4 is 11.5 Å². The predicted octanol–water partition coefficient (Wildman–Crippen LogP) is 3.19. The first-order valence-electron chi connectivity index (χ1n) is 8.36. The molecule has 0 radical (unpaired) electrons. The Bertz CT molecular complexity index is 679. The molecule has 0 spiro atoms. The summed E-state index contributed by atoms with van der Waals surface area (Å²) in [5, 5.41) is 3.55. The van der Waals surface area contributed by atoms with Crippen LogP contribution >= 0.6 is 0 Å². The Hall–Kier alpha value is -2.14. The lowest BCUT2D eigenvalue weighted by Gasteiger charge is -2.30. The second-order valence-electron chi connectivity index (χ2n) is 6.45. The molecule has 0 amide bonds. The van der Waals surface area contributed by atoms with Crippen LogP contribution in [0.25, 0.3) is 11.3 Å². The van der Waals surface area contributed by atoms with E-state index in [0.717, 1.165) is 30.2 Å². The number of nitrogens with one attached hydrogen (secondary N) is 1. The van der Waals surface area contributed by atoms with Crippen molar-refractivity contribution in [2.75, 3.05) is 24.3 Å². The maximum absolute atomic E-state index is 6.32. The van der Waals surface area contributed by atoms with E-state index in [1.165, 1.54) is 31.2 Å². The Kier molecular flexibility index (Phi) is 3.87. The average Bonchev–Trinajstić information content (AvgIpc) is 3.06. The summed E-state index contributed by atoms with van der Waals surface area (Å²) in [5.74, 6) is 1.16. The molecule has 0 aromatic carbocycles. The van der Waals surface area contributed by atoms with Gasteiger partial charge in [0, 0.05) is 18.0 Å². The Morgan fingerprint density at radius 3 is 2.52 bits per heavy atom. The van der Waals surface area contributed by atoms with Crippen LogP contribution < -0.4 is 11.1 Å². The zero-order valence-corrected chi connectivity index (χ0v) is 13.2. The number of ether oxygens (including phenoxy) is 1. The van der Waals surface area contributed by atoms with Gasteiger partial charge in [-0.3, -0.25) is 4.98 Å². The molecule has 0 atom stereocenters. The van der Waals surface area contributed by atoms with Gasteiger partial charge in [-0.15, -0.1) is 0 Å². The lowest BCUT2D eigenvalue weighted by atomic mass is 9.94. The summed E-state index contributed by atoms with van der Waals surface area (Å²) in [4.78, 5) is 8.72. The molecule has 3 N–H and O–H groups in total. The van der Waals surface area contributed by atoms with Crippen molar-refractivity contribution < 1.29 is 4.74 Å². The molecule has 1 aliphatic carbocycles. The van der Waals surface area contributed by atoms with Gasteiger partial charge in [0.15, 0.2) is 0 Å². The summed E-state index contributed by atoms with van der Waals surface area (Å²) in [7, 11) is 0. The maximum Gasteiger partial charge on any atom is 0.147 e. The van der Waals surface area contributed by atoms with E-state index in [4.69, 9.17) is 10.5 Å². The molecule has 1 saturated heterocycles. The minimum absolute atomic E-state index is 0.353. The molecule has 1 saturated carbocycles. The van der Waals surface area contributed by atoms with E-state index >= 15 is 0 Å². The third-order valence-corrected chi connectivity index (χ3v) is 4.84. The van der Waals surface area contributed by atoms with Crippen molar-refractivity contribution in [2.24, 2.45) is 0 Å². The highest BCUT2D eigenvalue weighted by molar-refractivity contribution is 5.74. The first-order valence-corrected chi connectivity index (χ1v) is 8.36. The van der Waals surface area contributed by atoms with Crippen molar-refractivity contribution in [1.82, 2.24) is 9.97 Å². The van der Waals surface area contributed by atoms with Crippen LogP contribution in [0, 0.1) is 0 Å². The van der Waals surface area contributed by atoms with Gasteiger partial charge in [0.25, 0.3) is 0 Å². The van der Waals surface area contributed by atoms with E-state index in [1.807, 2.05) is 12.1 Å². The van der Waals surface area contributed by atoms with E-state index in [0.29, 0.717) is 17.8 Å². The fraction of sp³-hybridized carbons (Fsp3) is 0.444. The zero-order valence-electron chi connectivity index (χ0n) is 13.2. The summed E-state index contributed by atoms with van der Waals surface area (Å²) >= 11 is 0. The second-order valence-corrected chi connectivity index (χ2v) is 6.45. The van der Waals surface area contributed by atoms with E-state index in [9.17, 15) is 0 Å². The normalized spacial score (nSPS) is 18.8. The van der Waals surface area contributed by atoms with Crippen LogP contribution in [0.5, 0.6) is 0 Å². The summed E-state index contributed by atoms with van der Waals surface area (Å²) in [6, 6.07) is 6.52. The van der Waals surface area contributed by atoms with Gasteiger partial charge in [-0.1, -0.05) is 12.8 Å². The van der Waals surface area contributed by atoms with Gasteiger partial charge < -0.3 is 15.8 Å². The topological polar surface area (TPSA) is 73.1 Å². The van der Waals surface area contributed by atoms with Gasteiger partial charge in [0.05, 0.1) is 30.6 Å². The number of rotatable bonds is 4. The molecule has 2 aromatic heterocycles. The van der Waals surface area contributed by atoms with Crippen LogP contribution in [-0.2, 0) is 4.74 Å². The van der Waals surface area contributed by atoms with Gasteiger partial charge in [-0.25, -0.2) is 4.98 Å². The maximum atomic E-state index is 6.32. The van der Waals surface area contributed by atoms with Crippen LogP contribution in [-0.4, -0.2) is 29.2 Å². The van der Waals surface area contributed by atoms with Crippen molar-refractivity contribution in [3.63, 3.8) is 0 Å². The zero-order chi connectivity index (χ0) is 15.6. The minimum atomic E-state index is 0.353. The highest BCUT2D eigenvalue weighted by Gasteiger charge is 2.26. The summed E-state index contributed by atoms with van der Waals surface area (Å²) < 4.78 is 5.27. The largest absolute Gasteiger partial charge is 0.382 e. The second kappa shape index (κ2) is 6.16. The Morgan fingerprint density at radius 1 is 1.13 bits per heavy atom.